The number of carbonyl (C=O) groups excluding carboxylic acids is 4. The third kappa shape index (κ3) is 7.79. The van der Waals surface area contributed by atoms with Crippen molar-refractivity contribution in [2.24, 2.45) is 11.8 Å². The number of benzene rings is 2. The summed E-state index contributed by atoms with van der Waals surface area (Å²) in [7, 11) is 4.94. The Balaban J connectivity index is 1.23. The minimum absolute atomic E-state index is 0.0672. The average Bonchev–Trinajstić information content (AvgIpc) is 4.06. The van der Waals surface area contributed by atoms with Gasteiger partial charge in [0.2, 0.25) is 17.7 Å². The maximum absolute atomic E-state index is 14.2. The SMILES string of the molecule is CN(C)C(=O)C=Cc1ccc(C(=O)OC2CC(C(=O)N(C)C(Cc3ccccc3)C(=O)NCCO)=CC3OC(C4CC4)(C4CC4)OC32)cc1. The molecule has 4 aliphatic rings. The molecule has 2 N–H and O–H groups in total. The molecule has 4 atom stereocenters. The molecule has 2 saturated carbocycles. The van der Waals surface area contributed by atoms with Crippen LogP contribution in [-0.4, -0.2) is 103 Å². The first-order valence-corrected chi connectivity index (χ1v) is 17.1. The summed E-state index contributed by atoms with van der Waals surface area (Å²) in [6, 6.07) is 15.3. The number of fused-ring (bicyclic) bond motifs is 1. The van der Waals surface area contributed by atoms with Crippen molar-refractivity contribution in [3.63, 3.8) is 0 Å². The van der Waals surface area contributed by atoms with Crippen molar-refractivity contribution < 1.29 is 38.5 Å². The number of nitrogens with one attached hydrogen (secondary N) is 1. The number of hydrogen-bond acceptors (Lipinski definition) is 8. The van der Waals surface area contributed by atoms with Gasteiger partial charge in [-0.3, -0.25) is 14.4 Å². The van der Waals surface area contributed by atoms with Gasteiger partial charge in [0, 0.05) is 64.0 Å². The molecule has 11 nitrogen and oxygen atoms in total. The summed E-state index contributed by atoms with van der Waals surface area (Å²) in [4.78, 5) is 55.9. The maximum atomic E-state index is 14.2. The standard InChI is InChI=1S/C38H45N3O8/c1-40(2)33(43)18-11-24-9-12-26(13-10-24)37(46)47-31-22-27(23-32-34(31)49-38(48-32,28-14-15-28)29-16-17-29)36(45)41(3)30(35(44)39-19-20-42)21-25-7-5-4-6-8-25/h4-13,18,23,28-32,34,42H,14-17,19-22H2,1-3H3,(H,39,44). The van der Waals surface area contributed by atoms with Gasteiger partial charge in [0.15, 0.2) is 5.79 Å². The first-order valence-electron chi connectivity index (χ1n) is 17.1. The second-order valence-corrected chi connectivity index (χ2v) is 13.6. The molecule has 2 aromatic carbocycles. The van der Waals surface area contributed by atoms with Gasteiger partial charge < -0.3 is 34.4 Å². The average molecular weight is 672 g/mol. The molecule has 0 aromatic heterocycles. The first-order chi connectivity index (χ1) is 23.6. The Bertz CT molecular complexity index is 1580. The zero-order chi connectivity index (χ0) is 34.7. The van der Waals surface area contributed by atoms with E-state index in [1.165, 1.54) is 15.9 Å². The van der Waals surface area contributed by atoms with Gasteiger partial charge in [-0.1, -0.05) is 42.5 Å². The minimum atomic E-state index is -0.848. The van der Waals surface area contributed by atoms with Gasteiger partial charge in [-0.05, 0) is 61.1 Å². The molecule has 0 radical (unpaired) electrons. The molecule has 0 spiro atoms. The fourth-order valence-electron chi connectivity index (χ4n) is 6.72. The Morgan fingerprint density at radius 2 is 1.65 bits per heavy atom. The largest absolute Gasteiger partial charge is 0.456 e. The van der Waals surface area contributed by atoms with Gasteiger partial charge in [-0.25, -0.2) is 4.79 Å². The Morgan fingerprint density at radius 1 is 0.980 bits per heavy atom. The van der Waals surface area contributed by atoms with Crippen LogP contribution in [0.1, 0.15) is 53.6 Å². The molecule has 0 bridgehead atoms. The molecule has 11 heteroatoms. The van der Waals surface area contributed by atoms with E-state index in [0.29, 0.717) is 11.1 Å². The highest BCUT2D eigenvalue weighted by Gasteiger charge is 2.64. The number of rotatable bonds is 13. The Hall–Kier alpha value is -4.32. The number of nitrogens with zero attached hydrogens (tertiary/aromatic N) is 2. The highest BCUT2D eigenvalue weighted by molar-refractivity contribution is 5.97. The topological polar surface area (TPSA) is 135 Å². The number of ether oxygens (including phenoxy) is 3. The van der Waals surface area contributed by atoms with Gasteiger partial charge in [0.05, 0.1) is 12.2 Å². The van der Waals surface area contributed by atoms with Gasteiger partial charge in [0.25, 0.3) is 0 Å². The highest BCUT2D eigenvalue weighted by atomic mass is 16.8. The second kappa shape index (κ2) is 14.7. The van der Waals surface area contributed by atoms with Crippen molar-refractivity contribution in [1.29, 1.82) is 0 Å². The van der Waals surface area contributed by atoms with Crippen molar-refractivity contribution in [2.75, 3.05) is 34.3 Å². The quantitative estimate of drug-likeness (QED) is 0.245. The molecule has 1 heterocycles. The molecule has 4 unspecified atom stereocenters. The van der Waals surface area contributed by atoms with E-state index in [-0.39, 0.29) is 55.6 Å². The first kappa shape index (κ1) is 34.5. The van der Waals surface area contributed by atoms with Crippen LogP contribution in [-0.2, 0) is 35.0 Å². The van der Waals surface area contributed by atoms with Gasteiger partial charge in [0.1, 0.15) is 24.4 Å². The molecule has 3 aliphatic carbocycles. The lowest BCUT2D eigenvalue weighted by atomic mass is 9.90. The van der Waals surface area contributed by atoms with Crippen LogP contribution in [0.3, 0.4) is 0 Å². The molecule has 1 aliphatic heterocycles. The van der Waals surface area contributed by atoms with Crippen LogP contribution in [0.4, 0.5) is 0 Å². The zero-order valence-electron chi connectivity index (χ0n) is 28.2. The normalized spacial score (nSPS) is 23.3. The van der Waals surface area contributed by atoms with Crippen molar-refractivity contribution in [2.45, 2.75) is 68.7 Å². The Morgan fingerprint density at radius 3 is 2.27 bits per heavy atom. The van der Waals surface area contributed by atoms with E-state index in [4.69, 9.17) is 14.2 Å². The fourth-order valence-corrected chi connectivity index (χ4v) is 6.72. The fraction of sp³-hybridized carbons (Fsp3) is 0.474. The van der Waals surface area contributed by atoms with Crippen LogP contribution in [0, 0.1) is 11.8 Å². The van der Waals surface area contributed by atoms with E-state index in [0.717, 1.165) is 36.8 Å². The van der Waals surface area contributed by atoms with E-state index in [1.807, 2.05) is 30.3 Å². The molecular weight excluding hydrogens is 626 g/mol. The zero-order valence-corrected chi connectivity index (χ0v) is 28.2. The lowest BCUT2D eigenvalue weighted by Gasteiger charge is -2.33. The second-order valence-electron chi connectivity index (χ2n) is 13.6. The molecule has 3 amide bonds. The van der Waals surface area contributed by atoms with Gasteiger partial charge in [-0.2, -0.15) is 0 Å². The lowest BCUT2D eigenvalue weighted by molar-refractivity contribution is -0.209. The number of esters is 1. The van der Waals surface area contributed by atoms with E-state index in [9.17, 15) is 24.3 Å². The van der Waals surface area contributed by atoms with Crippen LogP contribution in [0.25, 0.3) is 6.08 Å². The van der Waals surface area contributed by atoms with Gasteiger partial charge in [-0.15, -0.1) is 0 Å². The van der Waals surface area contributed by atoms with E-state index in [2.05, 4.69) is 5.32 Å². The number of carbonyl (C=O) groups is 4. The number of likely N-dealkylation sites (N-methyl/N-ethyl adjacent to an activating group) is 2. The summed E-state index contributed by atoms with van der Waals surface area (Å²) < 4.78 is 19.6. The van der Waals surface area contributed by atoms with Crippen molar-refractivity contribution in [1.82, 2.24) is 15.1 Å². The Labute approximate surface area is 286 Å². The minimum Gasteiger partial charge on any atom is -0.456 e. The molecule has 49 heavy (non-hydrogen) atoms. The van der Waals surface area contributed by atoms with Crippen LogP contribution >= 0.6 is 0 Å². The number of aliphatic hydroxyl groups excluding tert-OH is 1. The molecule has 260 valence electrons. The summed E-state index contributed by atoms with van der Waals surface area (Å²) in [6.07, 6.45) is 7.33. The predicted octanol–water partition coefficient (Wildman–Crippen LogP) is 3.12. The van der Waals surface area contributed by atoms with E-state index >= 15 is 0 Å². The number of amides is 3. The molecule has 1 saturated heterocycles. The van der Waals surface area contributed by atoms with Gasteiger partial charge >= 0.3 is 5.97 Å². The number of hydrogen-bond donors (Lipinski definition) is 2. The summed E-state index contributed by atoms with van der Waals surface area (Å²) in [5.41, 5.74) is 2.34. The Kier molecular flexibility index (Phi) is 10.3. The monoisotopic (exact) mass is 671 g/mol. The summed E-state index contributed by atoms with van der Waals surface area (Å²) >= 11 is 0. The maximum Gasteiger partial charge on any atom is 0.338 e. The van der Waals surface area contributed by atoms with Crippen molar-refractivity contribution >= 4 is 29.8 Å². The van der Waals surface area contributed by atoms with Crippen molar-refractivity contribution in [3.8, 4) is 0 Å². The van der Waals surface area contributed by atoms with Crippen LogP contribution in [0.5, 0.6) is 0 Å². The molecular formula is C38H45N3O8. The summed E-state index contributed by atoms with van der Waals surface area (Å²) in [5, 5.41) is 12.0. The van der Waals surface area contributed by atoms with Crippen LogP contribution in [0.2, 0.25) is 0 Å². The smallest absolute Gasteiger partial charge is 0.338 e. The summed E-state index contributed by atoms with van der Waals surface area (Å²) in [5.74, 6) is -1.68. The predicted molar refractivity (Wildman–Crippen MR) is 181 cm³/mol. The molecule has 2 aromatic rings. The molecule has 3 fully saturated rings. The summed E-state index contributed by atoms with van der Waals surface area (Å²) in [6.45, 7) is -0.156. The third-order valence-electron chi connectivity index (χ3n) is 9.72. The third-order valence-corrected chi connectivity index (χ3v) is 9.72. The number of aliphatic hydroxyl groups is 1. The highest BCUT2D eigenvalue weighted by Crippen LogP contribution is 2.59. The van der Waals surface area contributed by atoms with E-state index in [1.54, 1.807) is 57.6 Å². The lowest BCUT2D eigenvalue weighted by Crippen LogP contribution is -2.51. The van der Waals surface area contributed by atoms with Crippen LogP contribution in [0.15, 0.2) is 72.3 Å². The molecule has 6 rings (SSSR count). The van der Waals surface area contributed by atoms with Crippen molar-refractivity contribution in [3.05, 3.63) is 89.0 Å². The van der Waals surface area contributed by atoms with E-state index < -0.39 is 36.1 Å². The van der Waals surface area contributed by atoms with Crippen LogP contribution < -0.4 is 5.32 Å².